The summed E-state index contributed by atoms with van der Waals surface area (Å²) in [5.41, 5.74) is 0.901. The molecular weight excluding hydrogens is 354 g/mol. The highest BCUT2D eigenvalue weighted by atomic mass is 79.9. The van der Waals surface area contributed by atoms with Gasteiger partial charge in [-0.25, -0.2) is 0 Å². The number of hydrogen-bond donors (Lipinski definition) is 0. The molecule has 0 saturated heterocycles. The first-order chi connectivity index (χ1) is 10.1. The molecule has 2 aromatic rings. The first-order valence-corrected chi connectivity index (χ1v) is 7.26. The molecule has 0 radical (unpaired) electrons. The van der Waals surface area contributed by atoms with Gasteiger partial charge in [0.2, 0.25) is 0 Å². The van der Waals surface area contributed by atoms with Gasteiger partial charge < -0.3 is 4.74 Å². The van der Waals surface area contributed by atoms with Gasteiger partial charge in [-0.05, 0) is 35.9 Å². The van der Waals surface area contributed by atoms with Gasteiger partial charge in [0.05, 0.1) is 18.2 Å². The van der Waals surface area contributed by atoms with E-state index in [-0.39, 0.29) is 5.78 Å². The van der Waals surface area contributed by atoms with E-state index in [9.17, 15) is 10.1 Å². The third-order valence-electron chi connectivity index (χ3n) is 3.01. The monoisotopic (exact) mass is 363 g/mol. The second-order valence-electron chi connectivity index (χ2n) is 4.33. The van der Waals surface area contributed by atoms with E-state index in [2.05, 4.69) is 15.9 Å². The largest absolute Gasteiger partial charge is 0.497 e. The van der Waals surface area contributed by atoms with Gasteiger partial charge in [-0.1, -0.05) is 39.7 Å². The molecule has 0 fully saturated rings. The Morgan fingerprint density at radius 1 is 1.33 bits per heavy atom. The van der Waals surface area contributed by atoms with Crippen LogP contribution in [0.1, 0.15) is 21.8 Å². The van der Waals surface area contributed by atoms with Gasteiger partial charge in [0, 0.05) is 10.0 Å². The molecule has 1 atom stereocenters. The van der Waals surface area contributed by atoms with E-state index in [1.807, 2.05) is 6.07 Å². The molecule has 0 aliphatic heterocycles. The topological polar surface area (TPSA) is 50.1 Å². The number of Topliss-reactive ketones (excluding diaryl/α,β-unsaturated/α-hetero) is 1. The molecule has 0 aliphatic carbocycles. The van der Waals surface area contributed by atoms with Crippen LogP contribution >= 0.6 is 27.5 Å². The van der Waals surface area contributed by atoms with Crippen LogP contribution in [-0.4, -0.2) is 12.9 Å². The summed E-state index contributed by atoms with van der Waals surface area (Å²) in [7, 11) is 1.54. The minimum atomic E-state index is -0.924. The average Bonchev–Trinajstić information content (AvgIpc) is 2.50. The standard InChI is InChI=1S/C16H11BrClNO2/c1-21-12-4-2-3-10(7-12)14(9-19)16(20)13-8-11(17)5-6-15(13)18/h2-8,14H,1H3. The van der Waals surface area contributed by atoms with Crippen LogP contribution in [0.3, 0.4) is 0 Å². The lowest BCUT2D eigenvalue weighted by molar-refractivity contribution is 0.0979. The van der Waals surface area contributed by atoms with Crippen LogP contribution < -0.4 is 4.74 Å². The van der Waals surface area contributed by atoms with Crippen LogP contribution in [0.25, 0.3) is 0 Å². The molecule has 2 rings (SSSR count). The number of carbonyl (C=O) groups excluding carboxylic acids is 1. The molecule has 0 saturated carbocycles. The van der Waals surface area contributed by atoms with Crippen LogP contribution in [0.2, 0.25) is 5.02 Å². The van der Waals surface area contributed by atoms with E-state index in [1.54, 1.807) is 42.5 Å². The highest BCUT2D eigenvalue weighted by Crippen LogP contribution is 2.28. The van der Waals surface area contributed by atoms with E-state index in [1.165, 1.54) is 7.11 Å². The molecule has 2 aromatic carbocycles. The molecule has 21 heavy (non-hydrogen) atoms. The van der Waals surface area contributed by atoms with Crippen LogP contribution in [-0.2, 0) is 0 Å². The van der Waals surface area contributed by atoms with Crippen LogP contribution in [0.5, 0.6) is 5.75 Å². The number of benzene rings is 2. The lowest BCUT2D eigenvalue weighted by atomic mass is 9.92. The van der Waals surface area contributed by atoms with Crippen molar-refractivity contribution in [3.05, 3.63) is 63.1 Å². The Bertz CT molecular complexity index is 724. The van der Waals surface area contributed by atoms with Crippen molar-refractivity contribution in [2.24, 2.45) is 0 Å². The number of methoxy groups -OCH3 is 1. The quantitative estimate of drug-likeness (QED) is 0.745. The van der Waals surface area contributed by atoms with E-state index in [4.69, 9.17) is 16.3 Å². The normalized spacial score (nSPS) is 11.5. The predicted octanol–water partition coefficient (Wildman–Crippen LogP) is 4.60. The van der Waals surface area contributed by atoms with Gasteiger partial charge in [-0.3, -0.25) is 4.79 Å². The zero-order valence-corrected chi connectivity index (χ0v) is 13.5. The molecule has 1 unspecified atom stereocenters. The summed E-state index contributed by atoms with van der Waals surface area (Å²) in [5, 5.41) is 9.69. The third kappa shape index (κ3) is 3.44. The number of ketones is 1. The fourth-order valence-corrected chi connectivity index (χ4v) is 2.52. The smallest absolute Gasteiger partial charge is 0.185 e. The summed E-state index contributed by atoms with van der Waals surface area (Å²) >= 11 is 9.36. The molecule has 0 amide bonds. The van der Waals surface area contributed by atoms with Gasteiger partial charge in [-0.2, -0.15) is 5.26 Å². The molecule has 0 spiro atoms. The summed E-state index contributed by atoms with van der Waals surface area (Å²) in [5.74, 6) is -0.662. The maximum Gasteiger partial charge on any atom is 0.185 e. The van der Waals surface area contributed by atoms with Crippen molar-refractivity contribution < 1.29 is 9.53 Å². The number of rotatable bonds is 4. The van der Waals surface area contributed by atoms with Gasteiger partial charge in [0.25, 0.3) is 0 Å². The fourth-order valence-electron chi connectivity index (χ4n) is 1.95. The lowest BCUT2D eigenvalue weighted by Gasteiger charge is -2.11. The zero-order chi connectivity index (χ0) is 15.4. The number of hydrogen-bond acceptors (Lipinski definition) is 3. The number of halogens is 2. The number of nitriles is 1. The zero-order valence-electron chi connectivity index (χ0n) is 11.1. The molecule has 106 valence electrons. The fraction of sp³-hybridized carbons (Fsp3) is 0.125. The van der Waals surface area contributed by atoms with Gasteiger partial charge in [-0.15, -0.1) is 0 Å². The van der Waals surface area contributed by atoms with Crippen molar-refractivity contribution in [3.63, 3.8) is 0 Å². The molecular formula is C16H11BrClNO2. The Labute approximate surface area is 136 Å². The summed E-state index contributed by atoms with van der Waals surface area (Å²) < 4.78 is 5.86. The maximum atomic E-state index is 12.6. The number of carbonyl (C=O) groups is 1. The summed E-state index contributed by atoms with van der Waals surface area (Å²) in [4.78, 5) is 12.6. The van der Waals surface area contributed by atoms with E-state index in [0.717, 1.165) is 4.47 Å². The van der Waals surface area contributed by atoms with Crippen molar-refractivity contribution in [2.45, 2.75) is 5.92 Å². The second kappa shape index (κ2) is 6.75. The molecule has 0 aromatic heterocycles. The van der Waals surface area contributed by atoms with Crippen molar-refractivity contribution in [3.8, 4) is 11.8 Å². The first kappa shape index (κ1) is 15.6. The maximum absolute atomic E-state index is 12.6. The Balaban J connectivity index is 2.43. The lowest BCUT2D eigenvalue weighted by Crippen LogP contribution is -2.12. The minimum absolute atomic E-state index is 0.320. The Morgan fingerprint density at radius 2 is 2.10 bits per heavy atom. The Hall–Kier alpha value is -1.83. The number of nitrogens with zero attached hydrogens (tertiary/aromatic N) is 1. The van der Waals surface area contributed by atoms with Gasteiger partial charge in [0.1, 0.15) is 11.7 Å². The minimum Gasteiger partial charge on any atom is -0.497 e. The number of ether oxygens (including phenoxy) is 1. The van der Waals surface area contributed by atoms with E-state index < -0.39 is 5.92 Å². The van der Waals surface area contributed by atoms with Crippen molar-refractivity contribution in [1.82, 2.24) is 0 Å². The second-order valence-corrected chi connectivity index (χ2v) is 5.65. The van der Waals surface area contributed by atoms with Crippen molar-refractivity contribution in [1.29, 1.82) is 5.26 Å². The van der Waals surface area contributed by atoms with Crippen LogP contribution in [0.4, 0.5) is 0 Å². The van der Waals surface area contributed by atoms with E-state index >= 15 is 0 Å². The predicted molar refractivity (Wildman–Crippen MR) is 84.8 cm³/mol. The Morgan fingerprint density at radius 3 is 2.76 bits per heavy atom. The summed E-state index contributed by atoms with van der Waals surface area (Å²) in [6.45, 7) is 0. The van der Waals surface area contributed by atoms with Crippen LogP contribution in [0.15, 0.2) is 46.9 Å². The molecule has 0 heterocycles. The Kier molecular flexibility index (Phi) is 5.00. The highest BCUT2D eigenvalue weighted by molar-refractivity contribution is 9.10. The van der Waals surface area contributed by atoms with Crippen LogP contribution in [0, 0.1) is 11.3 Å². The molecule has 5 heteroatoms. The summed E-state index contributed by atoms with van der Waals surface area (Å²) in [6, 6.07) is 13.9. The van der Waals surface area contributed by atoms with E-state index in [0.29, 0.717) is 21.9 Å². The molecule has 0 bridgehead atoms. The molecule has 3 nitrogen and oxygen atoms in total. The first-order valence-electron chi connectivity index (χ1n) is 6.09. The van der Waals surface area contributed by atoms with Crippen molar-refractivity contribution >= 4 is 33.3 Å². The third-order valence-corrected chi connectivity index (χ3v) is 3.84. The summed E-state index contributed by atoms with van der Waals surface area (Å²) in [6.07, 6.45) is 0. The molecule has 0 aliphatic rings. The van der Waals surface area contributed by atoms with Gasteiger partial charge in [0.15, 0.2) is 5.78 Å². The van der Waals surface area contributed by atoms with Crippen molar-refractivity contribution in [2.75, 3.05) is 7.11 Å². The average molecular weight is 365 g/mol. The van der Waals surface area contributed by atoms with Gasteiger partial charge >= 0.3 is 0 Å². The highest BCUT2D eigenvalue weighted by Gasteiger charge is 2.24. The molecule has 0 N–H and O–H groups in total. The SMILES string of the molecule is COc1cccc(C(C#N)C(=O)c2cc(Br)ccc2Cl)c1.